The van der Waals surface area contributed by atoms with Gasteiger partial charge in [-0.1, -0.05) is 18.2 Å². The largest absolute Gasteiger partial charge is 0.396 e. The van der Waals surface area contributed by atoms with Gasteiger partial charge in [0.25, 0.3) is 0 Å². The molecule has 2 heteroatoms. The highest BCUT2D eigenvalue weighted by atomic mass is 32.1. The van der Waals surface area contributed by atoms with E-state index in [9.17, 15) is 0 Å². The average molecular weight is 192 g/mol. The van der Waals surface area contributed by atoms with E-state index in [0.29, 0.717) is 0 Å². The van der Waals surface area contributed by atoms with E-state index in [1.54, 1.807) is 11.3 Å². The SMILES string of the molecule is Cc1csc2c(CCO)cccc12. The Kier molecular flexibility index (Phi) is 2.34. The van der Waals surface area contributed by atoms with E-state index < -0.39 is 0 Å². The first-order chi connectivity index (χ1) is 6.33. The second kappa shape index (κ2) is 3.48. The molecular weight excluding hydrogens is 180 g/mol. The van der Waals surface area contributed by atoms with Gasteiger partial charge in [0.2, 0.25) is 0 Å². The topological polar surface area (TPSA) is 20.2 Å². The highest BCUT2D eigenvalue weighted by molar-refractivity contribution is 7.17. The number of aliphatic hydroxyl groups excluding tert-OH is 1. The van der Waals surface area contributed by atoms with Crippen molar-refractivity contribution >= 4 is 21.4 Å². The Bertz CT molecular complexity index is 417. The lowest BCUT2D eigenvalue weighted by molar-refractivity contribution is 0.300. The molecule has 0 amide bonds. The van der Waals surface area contributed by atoms with E-state index in [2.05, 4.69) is 30.5 Å². The Hall–Kier alpha value is -0.860. The second-order valence-corrected chi connectivity index (χ2v) is 4.07. The van der Waals surface area contributed by atoms with Crippen LogP contribution in [0, 0.1) is 6.92 Å². The fraction of sp³-hybridized carbons (Fsp3) is 0.273. The fourth-order valence-corrected chi connectivity index (χ4v) is 2.66. The number of rotatable bonds is 2. The summed E-state index contributed by atoms with van der Waals surface area (Å²) < 4.78 is 1.33. The molecular formula is C11H12OS. The van der Waals surface area contributed by atoms with E-state index in [1.807, 2.05) is 0 Å². The third-order valence-corrected chi connectivity index (χ3v) is 3.45. The lowest BCUT2D eigenvalue weighted by Gasteiger charge is -1.99. The molecule has 0 fully saturated rings. The summed E-state index contributed by atoms with van der Waals surface area (Å²) in [6.07, 6.45) is 0.761. The van der Waals surface area contributed by atoms with Gasteiger partial charge in [-0.25, -0.2) is 0 Å². The number of aryl methyl sites for hydroxylation is 1. The van der Waals surface area contributed by atoms with Gasteiger partial charge >= 0.3 is 0 Å². The van der Waals surface area contributed by atoms with Crippen LogP contribution in [0.15, 0.2) is 23.6 Å². The smallest absolute Gasteiger partial charge is 0.0471 e. The molecule has 0 atom stereocenters. The zero-order valence-electron chi connectivity index (χ0n) is 7.58. The summed E-state index contributed by atoms with van der Waals surface area (Å²) in [4.78, 5) is 0. The van der Waals surface area contributed by atoms with Gasteiger partial charge in [-0.05, 0) is 35.2 Å². The molecule has 1 nitrogen and oxygen atoms in total. The first-order valence-corrected chi connectivity index (χ1v) is 5.27. The van der Waals surface area contributed by atoms with Crippen LogP contribution in [0.25, 0.3) is 10.1 Å². The number of thiophene rings is 1. The van der Waals surface area contributed by atoms with Crippen molar-refractivity contribution < 1.29 is 5.11 Å². The Labute approximate surface area is 81.6 Å². The first kappa shape index (κ1) is 8.73. The third-order valence-electron chi connectivity index (χ3n) is 2.26. The molecule has 1 heterocycles. The Balaban J connectivity index is 2.63. The van der Waals surface area contributed by atoms with Gasteiger partial charge in [0.15, 0.2) is 0 Å². The second-order valence-electron chi connectivity index (χ2n) is 3.19. The lowest BCUT2D eigenvalue weighted by atomic mass is 10.1. The van der Waals surface area contributed by atoms with Crippen molar-refractivity contribution in [1.82, 2.24) is 0 Å². The van der Waals surface area contributed by atoms with Gasteiger partial charge in [0, 0.05) is 11.3 Å². The maximum Gasteiger partial charge on any atom is 0.0471 e. The predicted octanol–water partition coefficient (Wildman–Crippen LogP) is 2.74. The van der Waals surface area contributed by atoms with Gasteiger partial charge in [0.05, 0.1) is 0 Å². The molecule has 0 bridgehead atoms. The van der Waals surface area contributed by atoms with Crippen LogP contribution in [0.3, 0.4) is 0 Å². The summed E-state index contributed by atoms with van der Waals surface area (Å²) in [6, 6.07) is 6.30. The van der Waals surface area contributed by atoms with Gasteiger partial charge in [-0.2, -0.15) is 0 Å². The summed E-state index contributed by atoms with van der Waals surface area (Å²) in [5, 5.41) is 12.4. The van der Waals surface area contributed by atoms with Crippen molar-refractivity contribution in [3.8, 4) is 0 Å². The number of fused-ring (bicyclic) bond motifs is 1. The molecule has 2 rings (SSSR count). The van der Waals surface area contributed by atoms with Crippen molar-refractivity contribution in [2.24, 2.45) is 0 Å². The van der Waals surface area contributed by atoms with E-state index in [-0.39, 0.29) is 6.61 Å². The van der Waals surface area contributed by atoms with Crippen molar-refractivity contribution in [1.29, 1.82) is 0 Å². The Morgan fingerprint density at radius 1 is 1.38 bits per heavy atom. The van der Waals surface area contributed by atoms with E-state index in [0.717, 1.165) is 6.42 Å². The standard InChI is InChI=1S/C11H12OS/c1-8-7-13-11-9(5-6-12)3-2-4-10(8)11/h2-4,7,12H,5-6H2,1H3. The number of aliphatic hydroxyl groups is 1. The van der Waals surface area contributed by atoms with Crippen LogP contribution in [-0.2, 0) is 6.42 Å². The Morgan fingerprint density at radius 2 is 2.23 bits per heavy atom. The van der Waals surface area contributed by atoms with Crippen molar-refractivity contribution in [3.63, 3.8) is 0 Å². The summed E-state index contributed by atoms with van der Waals surface area (Å²) in [7, 11) is 0. The van der Waals surface area contributed by atoms with E-state index in [1.165, 1.54) is 21.2 Å². The van der Waals surface area contributed by atoms with Gasteiger partial charge in [-0.3, -0.25) is 0 Å². The Morgan fingerprint density at radius 3 is 3.00 bits per heavy atom. The normalized spacial score (nSPS) is 10.9. The molecule has 1 aromatic carbocycles. The summed E-state index contributed by atoms with van der Waals surface area (Å²) in [5.41, 5.74) is 2.60. The average Bonchev–Trinajstić information content (AvgIpc) is 2.50. The van der Waals surface area contributed by atoms with Gasteiger partial charge in [0.1, 0.15) is 0 Å². The maximum absolute atomic E-state index is 8.89. The molecule has 0 aliphatic heterocycles. The molecule has 13 heavy (non-hydrogen) atoms. The van der Waals surface area contributed by atoms with E-state index in [4.69, 9.17) is 5.11 Å². The van der Waals surface area contributed by atoms with Crippen LogP contribution >= 0.6 is 11.3 Å². The van der Waals surface area contributed by atoms with Crippen molar-refractivity contribution in [2.45, 2.75) is 13.3 Å². The molecule has 1 aromatic heterocycles. The van der Waals surface area contributed by atoms with Crippen LogP contribution in [0.5, 0.6) is 0 Å². The molecule has 68 valence electrons. The zero-order chi connectivity index (χ0) is 9.26. The maximum atomic E-state index is 8.89. The number of hydrogen-bond acceptors (Lipinski definition) is 2. The monoisotopic (exact) mass is 192 g/mol. The molecule has 0 aliphatic carbocycles. The summed E-state index contributed by atoms with van der Waals surface area (Å²) in [5.74, 6) is 0. The van der Waals surface area contributed by atoms with Gasteiger partial charge in [-0.15, -0.1) is 11.3 Å². The molecule has 0 spiro atoms. The fourth-order valence-electron chi connectivity index (χ4n) is 1.56. The quantitative estimate of drug-likeness (QED) is 0.775. The first-order valence-electron chi connectivity index (χ1n) is 4.39. The number of hydrogen-bond donors (Lipinski definition) is 1. The molecule has 0 saturated carbocycles. The summed E-state index contributed by atoms with van der Waals surface area (Å²) >= 11 is 1.77. The van der Waals surface area contributed by atoms with E-state index >= 15 is 0 Å². The van der Waals surface area contributed by atoms with Crippen LogP contribution in [0.1, 0.15) is 11.1 Å². The zero-order valence-corrected chi connectivity index (χ0v) is 8.40. The van der Waals surface area contributed by atoms with Crippen LogP contribution in [-0.4, -0.2) is 11.7 Å². The van der Waals surface area contributed by atoms with Crippen molar-refractivity contribution in [3.05, 3.63) is 34.7 Å². The van der Waals surface area contributed by atoms with Crippen LogP contribution in [0.2, 0.25) is 0 Å². The van der Waals surface area contributed by atoms with Crippen LogP contribution in [0.4, 0.5) is 0 Å². The molecule has 0 aliphatic rings. The van der Waals surface area contributed by atoms with Crippen molar-refractivity contribution in [2.75, 3.05) is 6.61 Å². The number of benzene rings is 1. The molecule has 0 radical (unpaired) electrons. The minimum Gasteiger partial charge on any atom is -0.396 e. The predicted molar refractivity (Wildman–Crippen MR) is 57.4 cm³/mol. The molecule has 2 aromatic rings. The molecule has 1 N–H and O–H groups in total. The van der Waals surface area contributed by atoms with Gasteiger partial charge < -0.3 is 5.11 Å². The minimum atomic E-state index is 0.232. The lowest BCUT2D eigenvalue weighted by Crippen LogP contribution is -1.89. The summed E-state index contributed by atoms with van der Waals surface area (Å²) in [6.45, 7) is 2.36. The van der Waals surface area contributed by atoms with Crippen LogP contribution < -0.4 is 0 Å². The molecule has 0 unspecified atom stereocenters. The third kappa shape index (κ3) is 1.47. The highest BCUT2D eigenvalue weighted by Crippen LogP contribution is 2.28. The molecule has 0 saturated heterocycles. The highest BCUT2D eigenvalue weighted by Gasteiger charge is 2.03. The minimum absolute atomic E-state index is 0.232.